The summed E-state index contributed by atoms with van der Waals surface area (Å²) >= 11 is 0. The van der Waals surface area contributed by atoms with Gasteiger partial charge < -0.3 is 19.4 Å². The zero-order chi connectivity index (χ0) is 21.2. The molecule has 0 aliphatic carbocycles. The normalized spacial score (nSPS) is 17.2. The molecule has 0 bridgehead atoms. The lowest BCUT2D eigenvalue weighted by molar-refractivity contribution is -0.127. The molecule has 1 aromatic heterocycles. The number of carbonyl (C=O) groups excluding carboxylic acids is 1. The number of aromatic amines is 1. The van der Waals surface area contributed by atoms with E-state index in [2.05, 4.69) is 4.98 Å². The maximum atomic E-state index is 12.7. The molecule has 0 atom stereocenters. The number of carbonyl (C=O) groups is 1. The molecule has 3 heterocycles. The average molecular weight is 419 g/mol. The standard InChI is InChI=1S/C24H25N3O4/c28-23(9-7-17-6-8-21-22(16-17)31-15-3-14-30-21)26-12-10-18(11-13-26)27-20-5-2-1-4-19(20)25-24(27)29/h1-2,4-9,16,18H,3,10-15H2,(H,25,29). The van der Waals surface area contributed by atoms with Gasteiger partial charge in [0.15, 0.2) is 11.5 Å². The minimum absolute atomic E-state index is 0.0168. The van der Waals surface area contributed by atoms with Gasteiger partial charge in [-0.05, 0) is 48.7 Å². The second-order valence-electron chi connectivity index (χ2n) is 7.96. The molecule has 1 amide bonds. The van der Waals surface area contributed by atoms with Crippen molar-refractivity contribution < 1.29 is 14.3 Å². The number of aromatic nitrogens is 2. The summed E-state index contributed by atoms with van der Waals surface area (Å²) in [5.41, 5.74) is 2.59. The number of hydrogen-bond donors (Lipinski definition) is 1. The number of imidazole rings is 1. The van der Waals surface area contributed by atoms with E-state index < -0.39 is 0 Å². The Kier molecular flexibility index (Phi) is 5.24. The van der Waals surface area contributed by atoms with Crippen molar-refractivity contribution in [3.05, 3.63) is 64.6 Å². The Balaban J connectivity index is 1.24. The molecule has 2 aromatic carbocycles. The Hall–Kier alpha value is -3.48. The Bertz CT molecular complexity index is 1180. The molecule has 31 heavy (non-hydrogen) atoms. The minimum atomic E-state index is -0.0831. The van der Waals surface area contributed by atoms with Crippen molar-refractivity contribution >= 4 is 23.0 Å². The van der Waals surface area contributed by atoms with Crippen LogP contribution in [0.1, 0.15) is 30.9 Å². The van der Waals surface area contributed by atoms with Gasteiger partial charge in [-0.25, -0.2) is 4.79 Å². The summed E-state index contributed by atoms with van der Waals surface area (Å²) < 4.78 is 13.2. The van der Waals surface area contributed by atoms with Gasteiger partial charge in [-0.1, -0.05) is 18.2 Å². The summed E-state index contributed by atoms with van der Waals surface area (Å²) in [6, 6.07) is 13.5. The van der Waals surface area contributed by atoms with Crippen LogP contribution in [0.15, 0.2) is 53.3 Å². The zero-order valence-corrected chi connectivity index (χ0v) is 17.3. The van der Waals surface area contributed by atoms with Crippen LogP contribution in [0.3, 0.4) is 0 Å². The molecule has 1 N–H and O–H groups in total. The molecule has 2 aliphatic rings. The number of amides is 1. The zero-order valence-electron chi connectivity index (χ0n) is 17.3. The lowest BCUT2D eigenvalue weighted by atomic mass is 10.0. The van der Waals surface area contributed by atoms with Crippen LogP contribution < -0.4 is 15.2 Å². The second-order valence-corrected chi connectivity index (χ2v) is 7.96. The van der Waals surface area contributed by atoms with Crippen molar-refractivity contribution in [3.8, 4) is 11.5 Å². The highest BCUT2D eigenvalue weighted by Crippen LogP contribution is 2.31. The largest absolute Gasteiger partial charge is 0.490 e. The van der Waals surface area contributed by atoms with Crippen LogP contribution in [-0.2, 0) is 4.79 Å². The molecular weight excluding hydrogens is 394 g/mol. The molecule has 0 saturated carbocycles. The molecule has 2 aliphatic heterocycles. The number of benzene rings is 2. The number of likely N-dealkylation sites (tertiary alicyclic amines) is 1. The molecule has 3 aromatic rings. The van der Waals surface area contributed by atoms with Crippen LogP contribution in [-0.4, -0.2) is 46.7 Å². The fourth-order valence-corrected chi connectivity index (χ4v) is 4.34. The van der Waals surface area contributed by atoms with Crippen molar-refractivity contribution in [2.75, 3.05) is 26.3 Å². The summed E-state index contributed by atoms with van der Waals surface area (Å²) in [5.74, 6) is 1.45. The quantitative estimate of drug-likeness (QED) is 0.661. The smallest absolute Gasteiger partial charge is 0.326 e. The SMILES string of the molecule is O=C(C=Cc1ccc2c(c1)OCCCO2)N1CCC(n2c(=O)[nH]c3ccccc32)CC1. The highest BCUT2D eigenvalue weighted by molar-refractivity contribution is 5.92. The first-order chi connectivity index (χ1) is 15.2. The van der Waals surface area contributed by atoms with E-state index in [4.69, 9.17) is 9.47 Å². The molecule has 0 unspecified atom stereocenters. The summed E-state index contributed by atoms with van der Waals surface area (Å²) in [4.78, 5) is 29.9. The number of hydrogen-bond acceptors (Lipinski definition) is 4. The number of nitrogens with one attached hydrogen (secondary N) is 1. The molecule has 7 nitrogen and oxygen atoms in total. The van der Waals surface area contributed by atoms with Gasteiger partial charge in [0, 0.05) is 31.6 Å². The monoisotopic (exact) mass is 419 g/mol. The van der Waals surface area contributed by atoms with E-state index in [9.17, 15) is 9.59 Å². The fraction of sp³-hybridized carbons (Fsp3) is 0.333. The Morgan fingerprint density at radius 1 is 1.03 bits per heavy atom. The van der Waals surface area contributed by atoms with Crippen LogP contribution >= 0.6 is 0 Å². The Labute approximate surface area is 179 Å². The third-order valence-corrected chi connectivity index (χ3v) is 5.96. The topological polar surface area (TPSA) is 76.6 Å². The summed E-state index contributed by atoms with van der Waals surface area (Å²) in [6.45, 7) is 2.54. The Morgan fingerprint density at radius 2 is 1.81 bits per heavy atom. The van der Waals surface area contributed by atoms with Gasteiger partial charge in [0.25, 0.3) is 0 Å². The van der Waals surface area contributed by atoms with Crippen LogP contribution in [0.5, 0.6) is 11.5 Å². The third kappa shape index (κ3) is 3.95. The van der Waals surface area contributed by atoms with Gasteiger partial charge in [-0.2, -0.15) is 0 Å². The maximum Gasteiger partial charge on any atom is 0.326 e. The van der Waals surface area contributed by atoms with Crippen molar-refractivity contribution in [1.29, 1.82) is 0 Å². The maximum absolute atomic E-state index is 12.7. The molecular formula is C24H25N3O4. The highest BCUT2D eigenvalue weighted by atomic mass is 16.5. The van der Waals surface area contributed by atoms with E-state index in [1.165, 1.54) is 0 Å². The number of nitrogens with zero attached hydrogens (tertiary/aromatic N) is 2. The van der Waals surface area contributed by atoms with Crippen LogP contribution in [0.4, 0.5) is 0 Å². The van der Waals surface area contributed by atoms with E-state index in [-0.39, 0.29) is 17.6 Å². The van der Waals surface area contributed by atoms with Crippen molar-refractivity contribution in [2.45, 2.75) is 25.3 Å². The van der Waals surface area contributed by atoms with E-state index in [0.29, 0.717) is 26.3 Å². The fourth-order valence-electron chi connectivity index (χ4n) is 4.34. The predicted molar refractivity (Wildman–Crippen MR) is 118 cm³/mol. The molecule has 0 radical (unpaired) electrons. The van der Waals surface area contributed by atoms with Crippen LogP contribution in [0.2, 0.25) is 0 Å². The number of piperidine rings is 1. The van der Waals surface area contributed by atoms with Gasteiger partial charge in [-0.15, -0.1) is 0 Å². The summed E-state index contributed by atoms with van der Waals surface area (Å²) in [5, 5.41) is 0. The van der Waals surface area contributed by atoms with Gasteiger partial charge in [0.1, 0.15) is 0 Å². The molecule has 160 valence electrons. The lowest BCUT2D eigenvalue weighted by Gasteiger charge is -2.32. The van der Waals surface area contributed by atoms with E-state index in [1.807, 2.05) is 58.0 Å². The molecule has 0 spiro atoms. The van der Waals surface area contributed by atoms with Crippen LogP contribution in [0, 0.1) is 0 Å². The number of rotatable bonds is 3. The van der Waals surface area contributed by atoms with Crippen molar-refractivity contribution in [1.82, 2.24) is 14.5 Å². The van der Waals surface area contributed by atoms with Gasteiger partial charge in [0.05, 0.1) is 24.2 Å². The average Bonchev–Trinajstić information content (AvgIpc) is 2.96. The summed E-state index contributed by atoms with van der Waals surface area (Å²) in [7, 11) is 0. The highest BCUT2D eigenvalue weighted by Gasteiger charge is 2.25. The molecule has 7 heteroatoms. The number of fused-ring (bicyclic) bond motifs is 2. The van der Waals surface area contributed by atoms with Gasteiger partial charge in [0.2, 0.25) is 5.91 Å². The van der Waals surface area contributed by atoms with Crippen molar-refractivity contribution in [3.63, 3.8) is 0 Å². The van der Waals surface area contributed by atoms with E-state index in [0.717, 1.165) is 47.4 Å². The van der Waals surface area contributed by atoms with E-state index >= 15 is 0 Å². The summed E-state index contributed by atoms with van der Waals surface area (Å²) in [6.07, 6.45) is 5.79. The number of para-hydroxylation sites is 2. The first-order valence-corrected chi connectivity index (χ1v) is 10.7. The van der Waals surface area contributed by atoms with Gasteiger partial charge in [-0.3, -0.25) is 9.36 Å². The number of ether oxygens (including phenoxy) is 2. The Morgan fingerprint density at radius 3 is 2.65 bits per heavy atom. The first-order valence-electron chi connectivity index (χ1n) is 10.7. The third-order valence-electron chi connectivity index (χ3n) is 5.96. The number of H-pyrrole nitrogens is 1. The minimum Gasteiger partial charge on any atom is -0.490 e. The molecule has 5 rings (SSSR count). The molecule has 1 saturated heterocycles. The van der Waals surface area contributed by atoms with Crippen LogP contribution in [0.25, 0.3) is 17.1 Å². The molecule has 1 fully saturated rings. The van der Waals surface area contributed by atoms with Gasteiger partial charge >= 0.3 is 5.69 Å². The van der Waals surface area contributed by atoms with Crippen molar-refractivity contribution in [2.24, 2.45) is 0 Å². The predicted octanol–water partition coefficient (Wildman–Crippen LogP) is 3.37. The lowest BCUT2D eigenvalue weighted by Crippen LogP contribution is -2.39. The first kappa shape index (κ1) is 19.5. The second kappa shape index (κ2) is 8.34. The van der Waals surface area contributed by atoms with E-state index in [1.54, 1.807) is 6.08 Å².